The molecular weight excluding hydrogens is 263 g/mol. The number of nitrogens with zero attached hydrogens (tertiary/aromatic N) is 3. The minimum Gasteiger partial charge on any atom is -0.368 e. The Kier molecular flexibility index (Phi) is 4.86. The number of hydrogen-bond donors (Lipinski definition) is 1. The fourth-order valence-electron chi connectivity index (χ4n) is 2.30. The molecule has 0 amide bonds. The van der Waals surface area contributed by atoms with Gasteiger partial charge in [0.2, 0.25) is 0 Å². The highest BCUT2D eigenvalue weighted by Crippen LogP contribution is 2.27. The minimum atomic E-state index is -0.476. The summed E-state index contributed by atoms with van der Waals surface area (Å²) in [7, 11) is 1.75. The third-order valence-electron chi connectivity index (χ3n) is 3.51. The van der Waals surface area contributed by atoms with Crippen LogP contribution in [0.4, 0.5) is 15.8 Å². The number of anilines is 1. The molecule has 0 bridgehead atoms. The SMILES string of the molecule is CN(CCN1CCNCC1)c1cc(F)ccc1[N+](=O)[O-]. The number of nitro benzene ring substituents is 1. The highest BCUT2D eigenvalue weighted by molar-refractivity contribution is 5.62. The van der Waals surface area contributed by atoms with E-state index in [0.717, 1.165) is 38.8 Å². The van der Waals surface area contributed by atoms with Crippen molar-refractivity contribution in [3.63, 3.8) is 0 Å². The maximum atomic E-state index is 13.3. The molecule has 0 aliphatic carbocycles. The highest BCUT2D eigenvalue weighted by atomic mass is 19.1. The summed E-state index contributed by atoms with van der Waals surface area (Å²) in [6, 6.07) is 3.55. The molecule has 1 aromatic rings. The smallest absolute Gasteiger partial charge is 0.292 e. The molecule has 2 rings (SSSR count). The van der Waals surface area contributed by atoms with Crippen molar-refractivity contribution < 1.29 is 9.31 Å². The van der Waals surface area contributed by atoms with Crippen LogP contribution in [0.2, 0.25) is 0 Å². The van der Waals surface area contributed by atoms with Crippen molar-refractivity contribution >= 4 is 11.4 Å². The van der Waals surface area contributed by atoms with E-state index in [1.54, 1.807) is 11.9 Å². The van der Waals surface area contributed by atoms with E-state index < -0.39 is 10.7 Å². The molecule has 1 aliphatic heterocycles. The number of hydrogen-bond acceptors (Lipinski definition) is 5. The zero-order chi connectivity index (χ0) is 14.5. The van der Waals surface area contributed by atoms with Crippen LogP contribution in [-0.2, 0) is 0 Å². The van der Waals surface area contributed by atoms with E-state index in [-0.39, 0.29) is 5.69 Å². The maximum Gasteiger partial charge on any atom is 0.292 e. The Bertz CT molecular complexity index is 477. The van der Waals surface area contributed by atoms with E-state index >= 15 is 0 Å². The molecule has 0 unspecified atom stereocenters. The summed E-state index contributed by atoms with van der Waals surface area (Å²) in [5.41, 5.74) is 0.263. The summed E-state index contributed by atoms with van der Waals surface area (Å²) in [5, 5.41) is 14.3. The van der Waals surface area contributed by atoms with Gasteiger partial charge in [-0.2, -0.15) is 0 Å². The van der Waals surface area contributed by atoms with Crippen LogP contribution >= 0.6 is 0 Å². The van der Waals surface area contributed by atoms with Crippen LogP contribution in [0.3, 0.4) is 0 Å². The fraction of sp³-hybridized carbons (Fsp3) is 0.538. The van der Waals surface area contributed by atoms with E-state index in [2.05, 4.69) is 10.2 Å². The molecule has 7 heteroatoms. The number of piperazine rings is 1. The zero-order valence-electron chi connectivity index (χ0n) is 11.5. The quantitative estimate of drug-likeness (QED) is 0.646. The molecule has 1 fully saturated rings. The van der Waals surface area contributed by atoms with Crippen molar-refractivity contribution in [3.8, 4) is 0 Å². The molecular formula is C13H19FN4O2. The molecule has 1 N–H and O–H groups in total. The lowest BCUT2D eigenvalue weighted by Crippen LogP contribution is -2.46. The number of likely N-dealkylation sites (N-methyl/N-ethyl adjacent to an activating group) is 1. The van der Waals surface area contributed by atoms with Crippen LogP contribution < -0.4 is 10.2 Å². The molecule has 110 valence electrons. The van der Waals surface area contributed by atoms with Gasteiger partial charge in [-0.1, -0.05) is 0 Å². The molecule has 0 atom stereocenters. The van der Waals surface area contributed by atoms with Gasteiger partial charge in [0.1, 0.15) is 11.5 Å². The van der Waals surface area contributed by atoms with Gasteiger partial charge in [-0.05, 0) is 6.07 Å². The summed E-state index contributed by atoms with van der Waals surface area (Å²) >= 11 is 0. The topological polar surface area (TPSA) is 61.6 Å². The number of nitro groups is 1. The standard InChI is InChI=1S/C13H19FN4O2/c1-16(8-9-17-6-4-15-5-7-17)13-10-11(14)2-3-12(13)18(19)20/h2-3,10,15H,4-9H2,1H3. The predicted octanol–water partition coefficient (Wildman–Crippen LogP) is 1.08. The maximum absolute atomic E-state index is 13.3. The second-order valence-electron chi connectivity index (χ2n) is 4.90. The van der Waals surface area contributed by atoms with Crippen molar-refractivity contribution in [2.24, 2.45) is 0 Å². The number of halogens is 1. The summed E-state index contributed by atoms with van der Waals surface area (Å²) in [6.07, 6.45) is 0. The van der Waals surface area contributed by atoms with Gasteiger partial charge < -0.3 is 10.2 Å². The van der Waals surface area contributed by atoms with E-state index in [0.29, 0.717) is 12.2 Å². The molecule has 0 saturated carbocycles. The van der Waals surface area contributed by atoms with Crippen LogP contribution in [-0.4, -0.2) is 56.1 Å². The van der Waals surface area contributed by atoms with Crippen LogP contribution in [0.25, 0.3) is 0 Å². The molecule has 6 nitrogen and oxygen atoms in total. The predicted molar refractivity (Wildman–Crippen MR) is 75.6 cm³/mol. The van der Waals surface area contributed by atoms with Gasteiger partial charge in [-0.15, -0.1) is 0 Å². The lowest BCUT2D eigenvalue weighted by Gasteiger charge is -2.29. The molecule has 1 aromatic carbocycles. The summed E-state index contributed by atoms with van der Waals surface area (Å²) in [4.78, 5) is 14.5. The summed E-state index contributed by atoms with van der Waals surface area (Å²) in [6.45, 7) is 5.31. The average molecular weight is 282 g/mol. The third kappa shape index (κ3) is 3.64. The van der Waals surface area contributed by atoms with Crippen LogP contribution in [0.5, 0.6) is 0 Å². The average Bonchev–Trinajstić information content (AvgIpc) is 2.45. The molecule has 0 spiro atoms. The van der Waals surface area contributed by atoms with E-state index in [1.165, 1.54) is 12.1 Å². The first-order valence-corrected chi connectivity index (χ1v) is 6.66. The van der Waals surface area contributed by atoms with Crippen molar-refractivity contribution in [1.29, 1.82) is 0 Å². The number of benzene rings is 1. The van der Waals surface area contributed by atoms with Crippen LogP contribution in [0, 0.1) is 15.9 Å². The monoisotopic (exact) mass is 282 g/mol. The number of rotatable bonds is 5. The molecule has 1 saturated heterocycles. The van der Waals surface area contributed by atoms with Gasteiger partial charge in [-0.25, -0.2) is 4.39 Å². The lowest BCUT2D eigenvalue weighted by molar-refractivity contribution is -0.384. The Morgan fingerprint density at radius 3 is 2.80 bits per heavy atom. The second-order valence-corrected chi connectivity index (χ2v) is 4.90. The van der Waals surface area contributed by atoms with Crippen molar-refractivity contribution in [2.75, 3.05) is 51.2 Å². The normalized spacial score (nSPS) is 16.1. The Morgan fingerprint density at radius 1 is 1.45 bits per heavy atom. The first kappa shape index (κ1) is 14.7. The van der Waals surface area contributed by atoms with Crippen LogP contribution in [0.15, 0.2) is 18.2 Å². The number of nitrogens with one attached hydrogen (secondary N) is 1. The first-order chi connectivity index (χ1) is 9.58. The largest absolute Gasteiger partial charge is 0.368 e. The zero-order valence-corrected chi connectivity index (χ0v) is 11.5. The van der Waals surface area contributed by atoms with Crippen molar-refractivity contribution in [1.82, 2.24) is 10.2 Å². The van der Waals surface area contributed by atoms with Gasteiger partial charge in [-0.3, -0.25) is 15.0 Å². The molecule has 1 heterocycles. The lowest BCUT2D eigenvalue weighted by atomic mass is 10.2. The fourth-order valence-corrected chi connectivity index (χ4v) is 2.30. The summed E-state index contributed by atoms with van der Waals surface area (Å²) in [5.74, 6) is -0.459. The first-order valence-electron chi connectivity index (χ1n) is 6.66. The molecule has 0 aromatic heterocycles. The van der Waals surface area contributed by atoms with Crippen molar-refractivity contribution in [3.05, 3.63) is 34.1 Å². The highest BCUT2D eigenvalue weighted by Gasteiger charge is 2.18. The van der Waals surface area contributed by atoms with Gasteiger partial charge in [0.15, 0.2) is 0 Å². The summed E-state index contributed by atoms with van der Waals surface area (Å²) < 4.78 is 13.3. The Morgan fingerprint density at radius 2 is 2.15 bits per heavy atom. The van der Waals surface area contributed by atoms with Crippen LogP contribution in [0.1, 0.15) is 0 Å². The van der Waals surface area contributed by atoms with Crippen molar-refractivity contribution in [2.45, 2.75) is 0 Å². The Hall–Kier alpha value is -1.73. The minimum absolute atomic E-state index is 0.0609. The third-order valence-corrected chi connectivity index (χ3v) is 3.51. The Balaban J connectivity index is 2.02. The van der Waals surface area contributed by atoms with E-state index in [9.17, 15) is 14.5 Å². The van der Waals surface area contributed by atoms with Gasteiger partial charge in [0, 0.05) is 58.4 Å². The second kappa shape index (κ2) is 6.62. The van der Waals surface area contributed by atoms with E-state index in [1.807, 2.05) is 0 Å². The van der Waals surface area contributed by atoms with Gasteiger partial charge >= 0.3 is 0 Å². The van der Waals surface area contributed by atoms with E-state index in [4.69, 9.17) is 0 Å². The Labute approximate surface area is 117 Å². The molecule has 0 radical (unpaired) electrons. The van der Waals surface area contributed by atoms with Gasteiger partial charge in [0.05, 0.1) is 4.92 Å². The van der Waals surface area contributed by atoms with Gasteiger partial charge in [0.25, 0.3) is 5.69 Å². The molecule has 1 aliphatic rings. The molecule has 20 heavy (non-hydrogen) atoms.